The second kappa shape index (κ2) is 5.52. The van der Waals surface area contributed by atoms with Gasteiger partial charge in [-0.05, 0) is 53.7 Å². The van der Waals surface area contributed by atoms with Gasteiger partial charge >= 0.3 is 0 Å². The fourth-order valence-electron chi connectivity index (χ4n) is 2.18. The van der Waals surface area contributed by atoms with Gasteiger partial charge in [0, 0.05) is 10.5 Å². The largest absolute Gasteiger partial charge is 0.489 e. The van der Waals surface area contributed by atoms with Crippen molar-refractivity contribution < 1.29 is 4.74 Å². The molecule has 1 aliphatic carbocycles. The molecule has 1 aromatic carbocycles. The summed E-state index contributed by atoms with van der Waals surface area (Å²) >= 11 is 3.36. The molecule has 2 atom stereocenters. The highest BCUT2D eigenvalue weighted by atomic mass is 79.9. The van der Waals surface area contributed by atoms with Crippen LogP contribution >= 0.6 is 15.9 Å². The van der Waals surface area contributed by atoms with Gasteiger partial charge in [-0.3, -0.25) is 0 Å². The molecule has 17 heavy (non-hydrogen) atoms. The number of benzene rings is 1. The molecule has 1 saturated carbocycles. The highest BCUT2D eigenvalue weighted by molar-refractivity contribution is 9.10. The summed E-state index contributed by atoms with van der Waals surface area (Å²) in [5.41, 5.74) is 6.49. The van der Waals surface area contributed by atoms with Crippen LogP contribution in [0.3, 0.4) is 0 Å². The van der Waals surface area contributed by atoms with E-state index < -0.39 is 0 Å². The lowest BCUT2D eigenvalue weighted by Crippen LogP contribution is -2.33. The third-order valence-corrected chi connectivity index (χ3v) is 3.71. The maximum atomic E-state index is 9.10. The molecule has 0 saturated heterocycles. The molecule has 0 aliphatic heterocycles. The molecule has 90 valence electrons. The predicted octanol–water partition coefficient (Wildman–Crippen LogP) is 2.97. The van der Waals surface area contributed by atoms with E-state index in [-0.39, 0.29) is 12.1 Å². The lowest BCUT2D eigenvalue weighted by atomic mass is 9.93. The summed E-state index contributed by atoms with van der Waals surface area (Å²) in [7, 11) is 0. The molecule has 1 aromatic rings. The molecule has 2 rings (SSSR count). The van der Waals surface area contributed by atoms with Crippen LogP contribution in [0.15, 0.2) is 22.7 Å². The van der Waals surface area contributed by atoms with Crippen molar-refractivity contribution in [1.29, 1.82) is 5.26 Å². The monoisotopic (exact) mass is 294 g/mol. The van der Waals surface area contributed by atoms with Gasteiger partial charge in [0.2, 0.25) is 0 Å². The lowest BCUT2D eigenvalue weighted by molar-refractivity contribution is 0.144. The molecule has 0 spiro atoms. The maximum absolute atomic E-state index is 9.10. The van der Waals surface area contributed by atoms with Crippen molar-refractivity contribution in [2.45, 2.75) is 37.8 Å². The third-order valence-electron chi connectivity index (χ3n) is 3.05. The first-order valence-corrected chi connectivity index (χ1v) is 6.61. The molecule has 2 N–H and O–H groups in total. The van der Waals surface area contributed by atoms with Crippen molar-refractivity contribution in [2.75, 3.05) is 0 Å². The average molecular weight is 295 g/mol. The van der Waals surface area contributed by atoms with Gasteiger partial charge in [0.1, 0.15) is 23.5 Å². The zero-order valence-electron chi connectivity index (χ0n) is 9.53. The van der Waals surface area contributed by atoms with Gasteiger partial charge in [-0.2, -0.15) is 5.26 Å². The number of hydrogen-bond donors (Lipinski definition) is 1. The molecule has 0 heterocycles. The minimum absolute atomic E-state index is 0.139. The van der Waals surface area contributed by atoms with E-state index in [9.17, 15) is 0 Å². The number of nitrogens with two attached hydrogens (primary N) is 1. The van der Waals surface area contributed by atoms with Gasteiger partial charge in [-0.1, -0.05) is 6.07 Å². The number of hydrogen-bond acceptors (Lipinski definition) is 3. The molecule has 0 radical (unpaired) electrons. The molecule has 3 nitrogen and oxygen atoms in total. The van der Waals surface area contributed by atoms with Gasteiger partial charge < -0.3 is 10.5 Å². The van der Waals surface area contributed by atoms with Crippen LogP contribution in [0.25, 0.3) is 0 Å². The van der Waals surface area contributed by atoms with E-state index in [1.165, 1.54) is 0 Å². The van der Waals surface area contributed by atoms with Crippen LogP contribution in [0.5, 0.6) is 5.75 Å². The van der Waals surface area contributed by atoms with E-state index >= 15 is 0 Å². The molecular formula is C13H15BrN2O. The Kier molecular flexibility index (Phi) is 4.03. The Labute approximate surface area is 110 Å². The molecular weight excluding hydrogens is 280 g/mol. The normalized spacial score (nSPS) is 24.1. The zero-order valence-corrected chi connectivity index (χ0v) is 11.1. The van der Waals surface area contributed by atoms with Gasteiger partial charge in [0.05, 0.1) is 0 Å². The summed E-state index contributed by atoms with van der Waals surface area (Å²) in [6, 6.07) is 7.95. The predicted molar refractivity (Wildman–Crippen MR) is 69.7 cm³/mol. The van der Waals surface area contributed by atoms with Crippen molar-refractivity contribution in [3.05, 3.63) is 28.2 Å². The molecule has 2 unspecified atom stereocenters. The fraction of sp³-hybridized carbons (Fsp3) is 0.462. The number of nitrogens with zero attached hydrogens (tertiary/aromatic N) is 1. The third kappa shape index (κ3) is 2.99. The molecule has 0 aromatic heterocycles. The lowest BCUT2D eigenvalue weighted by Gasteiger charge is -2.27. The number of halogens is 1. The zero-order chi connectivity index (χ0) is 12.3. The second-order valence-corrected chi connectivity index (χ2v) is 5.25. The minimum Gasteiger partial charge on any atom is -0.489 e. The first-order chi connectivity index (χ1) is 8.20. The molecule has 0 amide bonds. The van der Waals surface area contributed by atoms with Crippen LogP contribution in [0.4, 0.5) is 0 Å². The van der Waals surface area contributed by atoms with E-state index in [4.69, 9.17) is 15.7 Å². The topological polar surface area (TPSA) is 59.0 Å². The molecule has 1 aliphatic rings. The maximum Gasteiger partial charge on any atom is 0.138 e. The van der Waals surface area contributed by atoms with Gasteiger partial charge in [0.25, 0.3) is 0 Å². The second-order valence-electron chi connectivity index (χ2n) is 4.39. The van der Waals surface area contributed by atoms with E-state index in [0.29, 0.717) is 11.3 Å². The van der Waals surface area contributed by atoms with Gasteiger partial charge in [-0.25, -0.2) is 0 Å². The summed E-state index contributed by atoms with van der Waals surface area (Å²) in [6.45, 7) is 0. The summed E-state index contributed by atoms with van der Waals surface area (Å²) in [5, 5.41) is 9.10. The van der Waals surface area contributed by atoms with Crippen molar-refractivity contribution in [3.63, 3.8) is 0 Å². The van der Waals surface area contributed by atoms with E-state index in [0.717, 1.165) is 30.2 Å². The Hall–Kier alpha value is -1.05. The Balaban J connectivity index is 2.13. The summed E-state index contributed by atoms with van der Waals surface area (Å²) in [4.78, 5) is 0. The summed E-state index contributed by atoms with van der Waals surface area (Å²) in [5.74, 6) is 0.654. The molecule has 1 fully saturated rings. The Bertz CT molecular complexity index is 442. The van der Waals surface area contributed by atoms with Crippen LogP contribution < -0.4 is 10.5 Å². The summed E-state index contributed by atoms with van der Waals surface area (Å²) < 4.78 is 6.67. The van der Waals surface area contributed by atoms with Crippen LogP contribution in [0.2, 0.25) is 0 Å². The number of ether oxygens (including phenoxy) is 1. The highest BCUT2D eigenvalue weighted by Crippen LogP contribution is 2.29. The number of nitriles is 1. The molecule has 4 heteroatoms. The average Bonchev–Trinajstić information content (AvgIpc) is 2.29. The molecule has 0 bridgehead atoms. The number of rotatable bonds is 2. The van der Waals surface area contributed by atoms with Crippen LogP contribution in [-0.2, 0) is 0 Å². The Morgan fingerprint density at radius 1 is 1.41 bits per heavy atom. The quantitative estimate of drug-likeness (QED) is 0.912. The fourth-order valence-corrected chi connectivity index (χ4v) is 2.62. The van der Waals surface area contributed by atoms with Crippen molar-refractivity contribution >= 4 is 15.9 Å². The smallest absolute Gasteiger partial charge is 0.138 e. The Morgan fingerprint density at radius 2 is 2.24 bits per heavy atom. The van der Waals surface area contributed by atoms with Gasteiger partial charge in [0.15, 0.2) is 0 Å². The first-order valence-electron chi connectivity index (χ1n) is 5.81. The van der Waals surface area contributed by atoms with Crippen molar-refractivity contribution in [3.8, 4) is 11.8 Å². The van der Waals surface area contributed by atoms with Crippen LogP contribution in [0, 0.1) is 11.3 Å². The standard InChI is InChI=1S/C13H15BrN2O/c14-12-5-2-6-13(11(12)8-15)17-10-4-1-3-9(16)7-10/h2,5-6,9-10H,1,3-4,7,16H2. The van der Waals surface area contributed by atoms with E-state index in [1.54, 1.807) is 0 Å². The van der Waals surface area contributed by atoms with E-state index in [1.807, 2.05) is 18.2 Å². The Morgan fingerprint density at radius 3 is 2.94 bits per heavy atom. The van der Waals surface area contributed by atoms with Crippen LogP contribution in [-0.4, -0.2) is 12.1 Å². The SMILES string of the molecule is N#Cc1c(Br)cccc1OC1CCCC(N)C1. The van der Waals surface area contributed by atoms with Crippen molar-refractivity contribution in [2.24, 2.45) is 5.73 Å². The minimum atomic E-state index is 0.139. The summed E-state index contributed by atoms with van der Waals surface area (Å²) in [6.07, 6.45) is 4.20. The van der Waals surface area contributed by atoms with E-state index in [2.05, 4.69) is 22.0 Å². The van der Waals surface area contributed by atoms with Gasteiger partial charge in [-0.15, -0.1) is 0 Å². The van der Waals surface area contributed by atoms with Crippen molar-refractivity contribution in [1.82, 2.24) is 0 Å². The van der Waals surface area contributed by atoms with Crippen LogP contribution in [0.1, 0.15) is 31.2 Å². The highest BCUT2D eigenvalue weighted by Gasteiger charge is 2.21. The first kappa shape index (κ1) is 12.4.